The van der Waals surface area contributed by atoms with Crippen LogP contribution in [-0.2, 0) is 4.74 Å². The number of aliphatic hydroxyl groups excluding tert-OH is 4. The highest BCUT2D eigenvalue weighted by Gasteiger charge is 2.45. The van der Waals surface area contributed by atoms with Gasteiger partial charge in [0, 0.05) is 11.1 Å². The number of fused-ring (bicyclic) bond motifs is 2. The quantitative estimate of drug-likeness (QED) is 0.386. The zero-order chi connectivity index (χ0) is 21.7. The maximum absolute atomic E-state index is 13.1. The van der Waals surface area contributed by atoms with E-state index in [0.29, 0.717) is 5.56 Å². The minimum Gasteiger partial charge on any atom is -0.507 e. The number of carbonyl (C=O) groups excluding carboxylic acids is 2. The van der Waals surface area contributed by atoms with E-state index < -0.39 is 48.9 Å². The third-order valence-electron chi connectivity index (χ3n) is 5.32. The predicted molar refractivity (Wildman–Crippen MR) is 101 cm³/mol. The molecule has 1 heterocycles. The Morgan fingerprint density at radius 3 is 2.40 bits per heavy atom. The zero-order valence-corrected chi connectivity index (χ0v) is 15.8. The molecule has 9 nitrogen and oxygen atoms in total. The van der Waals surface area contributed by atoms with E-state index in [9.17, 15) is 35.1 Å². The first kappa shape index (κ1) is 20.5. The molecule has 1 fully saturated rings. The molecule has 30 heavy (non-hydrogen) atoms. The minimum atomic E-state index is -1.69. The van der Waals surface area contributed by atoms with E-state index in [-0.39, 0.29) is 33.8 Å². The Morgan fingerprint density at radius 1 is 0.967 bits per heavy atom. The average molecular weight is 416 g/mol. The van der Waals surface area contributed by atoms with Crippen molar-refractivity contribution in [3.05, 3.63) is 58.1 Å². The lowest BCUT2D eigenvalue weighted by Crippen LogP contribution is -2.60. The molecule has 0 spiro atoms. The number of benzene rings is 2. The Bertz CT molecular complexity index is 1030. The van der Waals surface area contributed by atoms with Crippen LogP contribution in [0.5, 0.6) is 11.5 Å². The summed E-state index contributed by atoms with van der Waals surface area (Å²) in [5.74, 6) is -1.56. The lowest BCUT2D eigenvalue weighted by atomic mass is 9.82. The zero-order valence-electron chi connectivity index (χ0n) is 15.8. The summed E-state index contributed by atoms with van der Waals surface area (Å²) in [6.07, 6.45) is -7.64. The molecule has 4 rings (SSSR count). The molecule has 0 bridgehead atoms. The summed E-state index contributed by atoms with van der Waals surface area (Å²) < 4.78 is 11.0. The lowest BCUT2D eigenvalue weighted by Gasteiger charge is -2.39. The summed E-state index contributed by atoms with van der Waals surface area (Å²) in [5, 5.41) is 49.6. The molecule has 2 aliphatic rings. The van der Waals surface area contributed by atoms with Crippen molar-refractivity contribution in [3.8, 4) is 11.5 Å². The summed E-state index contributed by atoms with van der Waals surface area (Å²) >= 11 is 0. The number of phenolic OH excluding ortho intramolecular Hbond substituents is 1. The molecule has 0 unspecified atom stereocenters. The maximum Gasteiger partial charge on any atom is 0.229 e. The van der Waals surface area contributed by atoms with Gasteiger partial charge in [-0.3, -0.25) is 9.59 Å². The van der Waals surface area contributed by atoms with Crippen LogP contribution in [0, 0.1) is 6.92 Å². The summed E-state index contributed by atoms with van der Waals surface area (Å²) in [7, 11) is 0. The van der Waals surface area contributed by atoms with Crippen molar-refractivity contribution in [2.75, 3.05) is 6.61 Å². The maximum atomic E-state index is 13.1. The van der Waals surface area contributed by atoms with Gasteiger partial charge < -0.3 is 35.0 Å². The number of aromatic hydroxyl groups is 1. The Balaban J connectivity index is 1.78. The first-order chi connectivity index (χ1) is 14.2. The molecular weight excluding hydrogens is 396 g/mol. The summed E-state index contributed by atoms with van der Waals surface area (Å²) in [4.78, 5) is 26.1. The van der Waals surface area contributed by atoms with Crippen LogP contribution in [0.25, 0.3) is 0 Å². The number of aliphatic hydroxyl groups is 4. The van der Waals surface area contributed by atoms with Crippen molar-refractivity contribution in [1.29, 1.82) is 0 Å². The van der Waals surface area contributed by atoms with Crippen molar-refractivity contribution in [2.24, 2.45) is 0 Å². The van der Waals surface area contributed by atoms with Crippen molar-refractivity contribution in [2.45, 2.75) is 37.6 Å². The molecule has 1 aliphatic carbocycles. The van der Waals surface area contributed by atoms with Crippen molar-refractivity contribution < 1.29 is 44.6 Å². The van der Waals surface area contributed by atoms with Crippen LogP contribution < -0.4 is 4.74 Å². The third kappa shape index (κ3) is 3.08. The van der Waals surface area contributed by atoms with Crippen LogP contribution in [-0.4, -0.2) is 74.4 Å². The minimum absolute atomic E-state index is 0.0666. The van der Waals surface area contributed by atoms with E-state index >= 15 is 0 Å². The van der Waals surface area contributed by atoms with Gasteiger partial charge in [-0.1, -0.05) is 12.1 Å². The molecule has 0 amide bonds. The van der Waals surface area contributed by atoms with E-state index in [1.54, 1.807) is 6.92 Å². The SMILES string of the molecule is Cc1cc(O[C@@H]2O[C@H](CO)[C@@H](O)[C@@H](O)[C@@H]2O)c2c(c1)C(=O)c1cccc(O)c1C2=O. The first-order valence-electron chi connectivity index (χ1n) is 9.27. The van der Waals surface area contributed by atoms with Crippen molar-refractivity contribution in [3.63, 3.8) is 0 Å². The standard InChI is InChI=1S/C21H20O9/c1-8-5-10-15(18(26)14-9(16(10)24)3-2-4-11(14)23)12(6-8)29-21-20(28)19(27)17(25)13(7-22)30-21/h2-6,13,17,19-23,25,27-28H,7H2,1H3/t13-,17-,19-,20+,21-/m1/s1. The number of rotatable bonds is 3. The van der Waals surface area contributed by atoms with E-state index in [1.807, 2.05) is 0 Å². The Morgan fingerprint density at radius 2 is 1.70 bits per heavy atom. The fourth-order valence-electron chi connectivity index (χ4n) is 3.79. The second-order valence-electron chi connectivity index (χ2n) is 7.36. The molecule has 0 aromatic heterocycles. The fourth-order valence-corrected chi connectivity index (χ4v) is 3.79. The number of carbonyl (C=O) groups is 2. The summed E-state index contributed by atoms with van der Waals surface area (Å²) in [5.41, 5.74) is 0.446. The summed E-state index contributed by atoms with van der Waals surface area (Å²) in [6.45, 7) is 1.03. The van der Waals surface area contributed by atoms with Gasteiger partial charge in [0.05, 0.1) is 17.7 Å². The molecule has 5 atom stereocenters. The molecule has 0 radical (unpaired) electrons. The number of aryl methyl sites for hydroxylation is 1. The van der Waals surface area contributed by atoms with Gasteiger partial charge in [0.15, 0.2) is 5.78 Å². The molecule has 1 saturated heterocycles. The number of ketones is 2. The average Bonchev–Trinajstić information content (AvgIpc) is 2.71. The Kier molecular flexibility index (Phi) is 5.08. The second-order valence-corrected chi connectivity index (χ2v) is 7.36. The van der Waals surface area contributed by atoms with Gasteiger partial charge in [-0.05, 0) is 30.7 Å². The molecule has 2 aromatic carbocycles. The highest BCUT2D eigenvalue weighted by Crippen LogP contribution is 2.38. The molecule has 2 aromatic rings. The van der Waals surface area contributed by atoms with Gasteiger partial charge in [-0.2, -0.15) is 0 Å². The first-order valence-corrected chi connectivity index (χ1v) is 9.27. The summed E-state index contributed by atoms with van der Waals surface area (Å²) in [6, 6.07) is 7.17. The topological polar surface area (TPSA) is 154 Å². The van der Waals surface area contributed by atoms with Crippen LogP contribution in [0.4, 0.5) is 0 Å². The van der Waals surface area contributed by atoms with Gasteiger partial charge in [-0.15, -0.1) is 0 Å². The second kappa shape index (κ2) is 7.46. The smallest absolute Gasteiger partial charge is 0.229 e. The Hall–Kier alpha value is -2.82. The predicted octanol–water partition coefficient (Wildman–Crippen LogP) is -0.345. The van der Waals surface area contributed by atoms with Gasteiger partial charge in [0.2, 0.25) is 12.1 Å². The van der Waals surface area contributed by atoms with E-state index in [1.165, 1.54) is 30.3 Å². The molecule has 0 saturated carbocycles. The molecule has 158 valence electrons. The van der Waals surface area contributed by atoms with Crippen LogP contribution in [0.2, 0.25) is 0 Å². The largest absolute Gasteiger partial charge is 0.507 e. The molecule has 9 heteroatoms. The van der Waals surface area contributed by atoms with Crippen LogP contribution in [0.1, 0.15) is 37.4 Å². The van der Waals surface area contributed by atoms with E-state index in [4.69, 9.17) is 9.47 Å². The van der Waals surface area contributed by atoms with Crippen LogP contribution in [0.3, 0.4) is 0 Å². The van der Waals surface area contributed by atoms with Gasteiger partial charge >= 0.3 is 0 Å². The molecule has 5 N–H and O–H groups in total. The van der Waals surface area contributed by atoms with Gasteiger partial charge in [-0.25, -0.2) is 0 Å². The van der Waals surface area contributed by atoms with Crippen LogP contribution in [0.15, 0.2) is 30.3 Å². The van der Waals surface area contributed by atoms with Gasteiger partial charge in [0.1, 0.15) is 35.9 Å². The molecule has 1 aliphatic heterocycles. The van der Waals surface area contributed by atoms with Crippen molar-refractivity contribution >= 4 is 11.6 Å². The van der Waals surface area contributed by atoms with Gasteiger partial charge in [0.25, 0.3) is 0 Å². The van der Waals surface area contributed by atoms with Crippen LogP contribution >= 0.6 is 0 Å². The monoisotopic (exact) mass is 416 g/mol. The highest BCUT2D eigenvalue weighted by atomic mass is 16.7. The number of hydrogen-bond donors (Lipinski definition) is 5. The lowest BCUT2D eigenvalue weighted by molar-refractivity contribution is -0.277. The van der Waals surface area contributed by atoms with Crippen molar-refractivity contribution in [1.82, 2.24) is 0 Å². The third-order valence-corrected chi connectivity index (χ3v) is 5.32. The molecular formula is C21H20O9. The number of ether oxygens (including phenoxy) is 2. The highest BCUT2D eigenvalue weighted by molar-refractivity contribution is 6.30. The normalized spacial score (nSPS) is 28.1. The fraction of sp³-hybridized carbons (Fsp3) is 0.333. The Labute approximate surface area is 170 Å². The van der Waals surface area contributed by atoms with E-state index in [0.717, 1.165) is 0 Å². The number of hydrogen-bond acceptors (Lipinski definition) is 9. The van der Waals surface area contributed by atoms with E-state index in [2.05, 4.69) is 0 Å². The number of phenols is 1.